The Labute approximate surface area is 129 Å². The molecule has 4 nitrogen and oxygen atoms in total. The molecule has 5 heteroatoms. The van der Waals surface area contributed by atoms with Gasteiger partial charge in [0.1, 0.15) is 5.75 Å². The Bertz CT molecular complexity index is 633. The van der Waals surface area contributed by atoms with E-state index in [1.165, 1.54) is 11.8 Å². The quantitative estimate of drug-likeness (QED) is 0.865. The lowest BCUT2D eigenvalue weighted by Gasteiger charge is -2.16. The SMILES string of the molecule is CCOc1cc(C)c(/C=C2/SC(N)=NC2=O)cc1C(C)C. The van der Waals surface area contributed by atoms with Crippen LogP contribution in [0.4, 0.5) is 0 Å². The van der Waals surface area contributed by atoms with Crippen molar-refractivity contribution in [2.45, 2.75) is 33.6 Å². The van der Waals surface area contributed by atoms with E-state index >= 15 is 0 Å². The smallest absolute Gasteiger partial charge is 0.286 e. The molecule has 0 unspecified atom stereocenters. The maximum Gasteiger partial charge on any atom is 0.286 e. The lowest BCUT2D eigenvalue weighted by Crippen LogP contribution is -2.01. The standard InChI is InChI=1S/C16H20N2O2S/c1-5-20-13-6-10(4)11(7-12(13)9(2)3)8-14-15(19)18-16(17)21-14/h6-9H,5H2,1-4H3,(H2,17,18,19)/b14-8+. The predicted octanol–water partition coefficient (Wildman–Crippen LogP) is 3.45. The van der Waals surface area contributed by atoms with Crippen molar-refractivity contribution >= 4 is 28.9 Å². The van der Waals surface area contributed by atoms with Crippen molar-refractivity contribution in [1.29, 1.82) is 0 Å². The predicted molar refractivity (Wildman–Crippen MR) is 88.6 cm³/mol. The molecule has 0 aliphatic carbocycles. The minimum atomic E-state index is -0.267. The molecular weight excluding hydrogens is 284 g/mol. The van der Waals surface area contributed by atoms with Crippen LogP contribution in [0.25, 0.3) is 6.08 Å². The summed E-state index contributed by atoms with van der Waals surface area (Å²) >= 11 is 1.21. The largest absolute Gasteiger partial charge is 0.494 e. The number of ether oxygens (including phenoxy) is 1. The summed E-state index contributed by atoms with van der Waals surface area (Å²) in [5.74, 6) is 0.989. The molecule has 1 aromatic rings. The highest BCUT2D eigenvalue weighted by Gasteiger charge is 2.20. The van der Waals surface area contributed by atoms with Crippen molar-refractivity contribution in [1.82, 2.24) is 0 Å². The lowest BCUT2D eigenvalue weighted by atomic mass is 9.96. The van der Waals surface area contributed by atoms with Crippen LogP contribution in [0, 0.1) is 6.92 Å². The highest BCUT2D eigenvalue weighted by Crippen LogP contribution is 2.33. The first kappa shape index (κ1) is 15.6. The number of amidine groups is 1. The first-order valence-electron chi connectivity index (χ1n) is 6.97. The highest BCUT2D eigenvalue weighted by molar-refractivity contribution is 8.18. The van der Waals surface area contributed by atoms with Crippen molar-refractivity contribution in [2.24, 2.45) is 10.7 Å². The van der Waals surface area contributed by atoms with Crippen LogP contribution in [-0.2, 0) is 4.79 Å². The monoisotopic (exact) mass is 304 g/mol. The topological polar surface area (TPSA) is 64.7 Å². The van der Waals surface area contributed by atoms with Crippen LogP contribution in [0.5, 0.6) is 5.75 Å². The molecule has 1 heterocycles. The number of thioether (sulfide) groups is 1. The molecule has 0 spiro atoms. The number of hydrogen-bond acceptors (Lipinski definition) is 4. The summed E-state index contributed by atoms with van der Waals surface area (Å²) in [5, 5.41) is 0.305. The molecule has 0 saturated heterocycles. The number of benzene rings is 1. The number of nitrogens with zero attached hydrogens (tertiary/aromatic N) is 1. The van der Waals surface area contributed by atoms with E-state index in [1.807, 2.05) is 26.0 Å². The molecule has 0 saturated carbocycles. The Morgan fingerprint density at radius 3 is 2.67 bits per heavy atom. The number of aliphatic imine (C=N–C) groups is 1. The summed E-state index contributed by atoms with van der Waals surface area (Å²) in [7, 11) is 0. The number of rotatable bonds is 4. The third-order valence-corrected chi connectivity index (χ3v) is 4.06. The molecule has 1 amide bonds. The van der Waals surface area contributed by atoms with Gasteiger partial charge in [0, 0.05) is 0 Å². The van der Waals surface area contributed by atoms with Crippen molar-refractivity contribution in [3.63, 3.8) is 0 Å². The zero-order valence-electron chi connectivity index (χ0n) is 12.8. The molecule has 2 N–H and O–H groups in total. The van der Waals surface area contributed by atoms with Gasteiger partial charge in [-0.1, -0.05) is 13.8 Å². The normalized spacial score (nSPS) is 16.7. The first-order valence-corrected chi connectivity index (χ1v) is 7.79. The van der Waals surface area contributed by atoms with Crippen molar-refractivity contribution in [3.8, 4) is 5.75 Å². The fraction of sp³-hybridized carbons (Fsp3) is 0.375. The average Bonchev–Trinajstić information content (AvgIpc) is 2.71. The van der Waals surface area contributed by atoms with Crippen LogP contribution in [0.3, 0.4) is 0 Å². The van der Waals surface area contributed by atoms with Gasteiger partial charge in [-0.2, -0.15) is 4.99 Å². The van der Waals surface area contributed by atoms with Gasteiger partial charge in [0.15, 0.2) is 5.17 Å². The van der Waals surface area contributed by atoms with Crippen LogP contribution in [0.2, 0.25) is 0 Å². The van der Waals surface area contributed by atoms with Gasteiger partial charge in [0.25, 0.3) is 5.91 Å². The minimum absolute atomic E-state index is 0.267. The third kappa shape index (κ3) is 3.47. The van der Waals surface area contributed by atoms with Crippen LogP contribution < -0.4 is 10.5 Å². The fourth-order valence-corrected chi connectivity index (χ4v) is 2.84. The zero-order valence-corrected chi connectivity index (χ0v) is 13.6. The molecule has 1 aromatic carbocycles. The Balaban J connectivity index is 2.43. The van der Waals surface area contributed by atoms with Gasteiger partial charge >= 0.3 is 0 Å². The molecule has 0 aromatic heterocycles. The van der Waals surface area contributed by atoms with E-state index < -0.39 is 0 Å². The fourth-order valence-electron chi connectivity index (χ4n) is 2.17. The summed E-state index contributed by atoms with van der Waals surface area (Å²) in [6, 6.07) is 4.11. The number of carbonyl (C=O) groups excluding carboxylic acids is 1. The van der Waals surface area contributed by atoms with Crippen LogP contribution in [-0.4, -0.2) is 17.7 Å². The number of hydrogen-bond donors (Lipinski definition) is 1. The van der Waals surface area contributed by atoms with Gasteiger partial charge in [-0.25, -0.2) is 0 Å². The molecule has 1 aliphatic heterocycles. The second kappa shape index (κ2) is 6.35. The summed E-state index contributed by atoms with van der Waals surface area (Å²) < 4.78 is 5.71. The van der Waals surface area contributed by atoms with Gasteiger partial charge in [-0.15, -0.1) is 0 Å². The van der Waals surface area contributed by atoms with Crippen LogP contribution in [0.1, 0.15) is 43.4 Å². The molecular formula is C16H20N2O2S. The van der Waals surface area contributed by atoms with Gasteiger partial charge < -0.3 is 10.5 Å². The molecule has 112 valence electrons. The van der Waals surface area contributed by atoms with E-state index in [2.05, 4.69) is 24.9 Å². The molecule has 21 heavy (non-hydrogen) atoms. The molecule has 0 fully saturated rings. The minimum Gasteiger partial charge on any atom is -0.494 e. The van der Waals surface area contributed by atoms with E-state index in [0.717, 1.165) is 22.4 Å². The second-order valence-corrected chi connectivity index (χ2v) is 6.26. The Kier molecular flexibility index (Phi) is 4.73. The molecule has 0 radical (unpaired) electrons. The lowest BCUT2D eigenvalue weighted by molar-refractivity contribution is -0.113. The summed E-state index contributed by atoms with van der Waals surface area (Å²) in [6.07, 6.45) is 1.85. The van der Waals surface area contributed by atoms with E-state index in [-0.39, 0.29) is 5.91 Å². The van der Waals surface area contributed by atoms with E-state index in [4.69, 9.17) is 10.5 Å². The van der Waals surface area contributed by atoms with Crippen LogP contribution >= 0.6 is 11.8 Å². The van der Waals surface area contributed by atoms with Gasteiger partial charge in [-0.3, -0.25) is 4.79 Å². The summed E-state index contributed by atoms with van der Waals surface area (Å²) in [6.45, 7) is 8.87. The molecule has 2 rings (SSSR count). The maximum absolute atomic E-state index is 11.7. The van der Waals surface area contributed by atoms with E-state index in [0.29, 0.717) is 22.6 Å². The number of amides is 1. The van der Waals surface area contributed by atoms with E-state index in [9.17, 15) is 4.79 Å². The zero-order chi connectivity index (χ0) is 15.6. The first-order chi connectivity index (χ1) is 9.92. The van der Waals surface area contributed by atoms with Crippen molar-refractivity contribution < 1.29 is 9.53 Å². The van der Waals surface area contributed by atoms with Gasteiger partial charge in [-0.05, 0) is 66.4 Å². The average molecular weight is 304 g/mol. The van der Waals surface area contributed by atoms with Crippen molar-refractivity contribution in [3.05, 3.63) is 33.7 Å². The Morgan fingerprint density at radius 1 is 1.43 bits per heavy atom. The Hall–Kier alpha value is -1.75. The summed E-state index contributed by atoms with van der Waals surface area (Å²) in [5.41, 5.74) is 8.78. The number of nitrogens with two attached hydrogens (primary N) is 1. The molecule has 1 aliphatic rings. The third-order valence-electron chi connectivity index (χ3n) is 3.24. The summed E-state index contributed by atoms with van der Waals surface area (Å²) in [4.78, 5) is 16.0. The highest BCUT2D eigenvalue weighted by atomic mass is 32.2. The van der Waals surface area contributed by atoms with Crippen LogP contribution in [0.15, 0.2) is 22.0 Å². The maximum atomic E-state index is 11.7. The Morgan fingerprint density at radius 2 is 2.14 bits per heavy atom. The van der Waals surface area contributed by atoms with Gasteiger partial charge in [0.05, 0.1) is 11.5 Å². The second-order valence-electron chi connectivity index (χ2n) is 5.20. The molecule has 0 atom stereocenters. The number of aryl methyl sites for hydroxylation is 1. The molecule has 0 bridgehead atoms. The van der Waals surface area contributed by atoms with Gasteiger partial charge in [0.2, 0.25) is 0 Å². The number of carbonyl (C=O) groups is 1. The van der Waals surface area contributed by atoms with E-state index in [1.54, 1.807) is 0 Å². The van der Waals surface area contributed by atoms with Crippen molar-refractivity contribution in [2.75, 3.05) is 6.61 Å².